The van der Waals surface area contributed by atoms with Gasteiger partial charge in [0.05, 0.1) is 12.1 Å². The van der Waals surface area contributed by atoms with Gasteiger partial charge in [0.25, 0.3) is 0 Å². The minimum absolute atomic E-state index is 0.226. The Kier molecular flexibility index (Phi) is 4.82. The van der Waals surface area contributed by atoms with Crippen LogP contribution >= 0.6 is 11.6 Å². The second-order valence-corrected chi connectivity index (χ2v) is 4.62. The Morgan fingerprint density at radius 2 is 1.95 bits per heavy atom. The molecule has 3 nitrogen and oxygen atoms in total. The van der Waals surface area contributed by atoms with E-state index in [0.717, 1.165) is 5.56 Å². The maximum absolute atomic E-state index is 13.0. The molecule has 0 radical (unpaired) electrons. The highest BCUT2D eigenvalue weighted by Gasteiger charge is 2.08. The molecule has 0 aliphatic heterocycles. The third-order valence-corrected chi connectivity index (χ3v) is 3.21. The summed E-state index contributed by atoms with van der Waals surface area (Å²) in [5.41, 5.74) is 7.24. The van der Waals surface area contributed by atoms with Gasteiger partial charge in [0.2, 0.25) is 0 Å². The Labute approximate surface area is 122 Å². The number of benzene rings is 2. The maximum atomic E-state index is 13.0. The molecule has 0 heterocycles. The van der Waals surface area contributed by atoms with Crippen LogP contribution in [0.3, 0.4) is 0 Å². The molecule has 2 aromatic carbocycles. The number of hydrogen-bond acceptors (Lipinski definition) is 3. The zero-order valence-electron chi connectivity index (χ0n) is 11.0. The molecule has 2 aromatic rings. The number of methoxy groups -OCH3 is 1. The largest absolute Gasteiger partial charge is 0.493 e. The molecule has 0 aromatic heterocycles. The van der Waals surface area contributed by atoms with E-state index in [2.05, 4.69) is 0 Å². The number of nitrogens with two attached hydrogens (primary N) is 1. The third kappa shape index (κ3) is 3.40. The van der Waals surface area contributed by atoms with Crippen LogP contribution in [0.1, 0.15) is 11.1 Å². The van der Waals surface area contributed by atoms with Crippen molar-refractivity contribution in [2.24, 2.45) is 5.73 Å². The van der Waals surface area contributed by atoms with Crippen molar-refractivity contribution in [3.05, 3.63) is 58.4 Å². The topological polar surface area (TPSA) is 44.5 Å². The van der Waals surface area contributed by atoms with Crippen molar-refractivity contribution >= 4 is 11.6 Å². The van der Waals surface area contributed by atoms with Crippen LogP contribution in [0.5, 0.6) is 11.5 Å². The van der Waals surface area contributed by atoms with Crippen molar-refractivity contribution in [3.63, 3.8) is 0 Å². The summed E-state index contributed by atoms with van der Waals surface area (Å²) in [6, 6.07) is 9.68. The quantitative estimate of drug-likeness (QED) is 0.918. The van der Waals surface area contributed by atoms with Gasteiger partial charge in [-0.1, -0.05) is 23.7 Å². The average Bonchev–Trinajstić information content (AvgIpc) is 2.46. The van der Waals surface area contributed by atoms with Crippen molar-refractivity contribution in [1.29, 1.82) is 0 Å². The lowest BCUT2D eigenvalue weighted by Gasteiger charge is -2.12. The predicted octanol–water partition coefficient (Wildman–Crippen LogP) is 3.53. The van der Waals surface area contributed by atoms with Crippen molar-refractivity contribution < 1.29 is 13.9 Å². The second kappa shape index (κ2) is 6.59. The van der Waals surface area contributed by atoms with Gasteiger partial charge in [-0.15, -0.1) is 0 Å². The van der Waals surface area contributed by atoms with Crippen LogP contribution in [0.25, 0.3) is 0 Å². The zero-order valence-corrected chi connectivity index (χ0v) is 11.8. The lowest BCUT2D eigenvalue weighted by Crippen LogP contribution is -2.01. The Bertz CT molecular complexity index is 604. The molecule has 2 N–H and O–H groups in total. The molecule has 0 saturated carbocycles. The molecule has 0 aliphatic rings. The van der Waals surface area contributed by atoms with Crippen LogP contribution in [0.4, 0.5) is 4.39 Å². The number of halogens is 2. The van der Waals surface area contributed by atoms with E-state index in [4.69, 9.17) is 26.8 Å². The summed E-state index contributed by atoms with van der Waals surface area (Å²) in [6.07, 6.45) is 0. The van der Waals surface area contributed by atoms with E-state index in [0.29, 0.717) is 28.6 Å². The Morgan fingerprint density at radius 3 is 2.60 bits per heavy atom. The number of ether oxygens (including phenoxy) is 2. The Balaban J connectivity index is 2.17. The number of rotatable bonds is 5. The minimum Gasteiger partial charge on any atom is -0.493 e. The third-order valence-electron chi connectivity index (χ3n) is 2.86. The standard InChI is InChI=1S/C15H15ClFNO2/c1-19-14-5-2-10(8-18)6-15(14)20-9-11-3-4-12(17)7-13(11)16/h2-7H,8-9,18H2,1H3. The molecule has 0 bridgehead atoms. The Hall–Kier alpha value is -1.78. The van der Waals surface area contributed by atoms with Crippen LogP contribution in [-0.4, -0.2) is 7.11 Å². The van der Waals surface area contributed by atoms with Gasteiger partial charge in [-0.3, -0.25) is 0 Å². The highest BCUT2D eigenvalue weighted by molar-refractivity contribution is 6.31. The van der Waals surface area contributed by atoms with E-state index in [9.17, 15) is 4.39 Å². The first-order valence-corrected chi connectivity index (χ1v) is 6.45. The predicted molar refractivity (Wildman–Crippen MR) is 76.6 cm³/mol. The van der Waals surface area contributed by atoms with E-state index < -0.39 is 0 Å². The van der Waals surface area contributed by atoms with Gasteiger partial charge in [-0.2, -0.15) is 0 Å². The first-order chi connectivity index (χ1) is 9.63. The fourth-order valence-corrected chi connectivity index (χ4v) is 1.98. The highest BCUT2D eigenvalue weighted by atomic mass is 35.5. The van der Waals surface area contributed by atoms with E-state index in [-0.39, 0.29) is 12.4 Å². The summed E-state index contributed by atoms with van der Waals surface area (Å²) in [5.74, 6) is 0.817. The lowest BCUT2D eigenvalue weighted by molar-refractivity contribution is 0.284. The molecule has 0 atom stereocenters. The van der Waals surface area contributed by atoms with Crippen molar-refractivity contribution in [1.82, 2.24) is 0 Å². The normalized spacial score (nSPS) is 10.4. The zero-order chi connectivity index (χ0) is 14.5. The summed E-state index contributed by atoms with van der Waals surface area (Å²) >= 11 is 5.96. The van der Waals surface area contributed by atoms with Crippen LogP contribution in [0, 0.1) is 5.82 Å². The molecule has 106 valence electrons. The van der Waals surface area contributed by atoms with Gasteiger partial charge in [0.1, 0.15) is 12.4 Å². The molecule has 20 heavy (non-hydrogen) atoms. The summed E-state index contributed by atoms with van der Waals surface area (Å²) in [7, 11) is 1.56. The van der Waals surface area contributed by atoms with E-state index in [1.807, 2.05) is 12.1 Å². The molecule has 0 aliphatic carbocycles. The second-order valence-electron chi connectivity index (χ2n) is 4.21. The maximum Gasteiger partial charge on any atom is 0.161 e. The lowest BCUT2D eigenvalue weighted by atomic mass is 10.2. The highest BCUT2D eigenvalue weighted by Crippen LogP contribution is 2.29. The first kappa shape index (κ1) is 14.6. The monoisotopic (exact) mass is 295 g/mol. The van der Waals surface area contributed by atoms with Gasteiger partial charge in [-0.05, 0) is 29.8 Å². The average molecular weight is 296 g/mol. The van der Waals surface area contributed by atoms with E-state index >= 15 is 0 Å². The van der Waals surface area contributed by atoms with E-state index in [1.165, 1.54) is 12.1 Å². The molecule has 2 rings (SSSR count). The molecule has 0 amide bonds. The van der Waals surface area contributed by atoms with Gasteiger partial charge in [0, 0.05) is 12.1 Å². The van der Waals surface area contributed by atoms with Crippen molar-refractivity contribution in [2.45, 2.75) is 13.2 Å². The molecule has 0 spiro atoms. The molecular formula is C15H15ClFNO2. The summed E-state index contributed by atoms with van der Waals surface area (Å²) in [4.78, 5) is 0. The van der Waals surface area contributed by atoms with Crippen molar-refractivity contribution in [2.75, 3.05) is 7.11 Å². The van der Waals surface area contributed by atoms with Crippen LogP contribution in [0.15, 0.2) is 36.4 Å². The smallest absolute Gasteiger partial charge is 0.161 e. The van der Waals surface area contributed by atoms with Gasteiger partial charge in [0.15, 0.2) is 11.5 Å². The van der Waals surface area contributed by atoms with Crippen LogP contribution in [-0.2, 0) is 13.2 Å². The molecule has 5 heteroatoms. The number of hydrogen-bond donors (Lipinski definition) is 1. The van der Waals surface area contributed by atoms with Gasteiger partial charge >= 0.3 is 0 Å². The molecule has 0 saturated heterocycles. The van der Waals surface area contributed by atoms with Crippen LogP contribution < -0.4 is 15.2 Å². The summed E-state index contributed by atoms with van der Waals surface area (Å²) in [6.45, 7) is 0.640. The summed E-state index contributed by atoms with van der Waals surface area (Å²) < 4.78 is 23.9. The van der Waals surface area contributed by atoms with Crippen molar-refractivity contribution in [3.8, 4) is 11.5 Å². The fourth-order valence-electron chi connectivity index (χ4n) is 1.76. The van der Waals surface area contributed by atoms with E-state index in [1.54, 1.807) is 19.2 Å². The Morgan fingerprint density at radius 1 is 1.15 bits per heavy atom. The SMILES string of the molecule is COc1ccc(CN)cc1OCc1ccc(F)cc1Cl. The fraction of sp³-hybridized carbons (Fsp3) is 0.200. The van der Waals surface area contributed by atoms with Gasteiger partial charge in [-0.25, -0.2) is 4.39 Å². The van der Waals surface area contributed by atoms with Crippen LogP contribution in [0.2, 0.25) is 5.02 Å². The first-order valence-electron chi connectivity index (χ1n) is 6.07. The van der Waals surface area contributed by atoms with Gasteiger partial charge < -0.3 is 15.2 Å². The minimum atomic E-state index is -0.374. The molecule has 0 unspecified atom stereocenters. The molecular weight excluding hydrogens is 281 g/mol. The molecule has 0 fully saturated rings. The summed E-state index contributed by atoms with van der Waals surface area (Å²) in [5, 5.41) is 0.332.